The zero-order valence-corrected chi connectivity index (χ0v) is 8.06. The maximum atomic E-state index is 11.5. The number of nitrogens with zero attached hydrogens (tertiary/aromatic N) is 1. The Labute approximate surface area is 83.2 Å². The van der Waals surface area contributed by atoms with E-state index in [9.17, 15) is 9.90 Å². The summed E-state index contributed by atoms with van der Waals surface area (Å²) in [6.45, 7) is 3.36. The smallest absolute Gasteiger partial charge is 0.415 e. The normalized spacial score (nSPS) is 35.5. The Morgan fingerprint density at radius 3 is 2.50 bits per heavy atom. The van der Waals surface area contributed by atoms with E-state index < -0.39 is 0 Å². The van der Waals surface area contributed by atoms with Gasteiger partial charge in [-0.15, -0.1) is 0 Å². The number of ether oxygens (including phenoxy) is 1. The molecule has 0 aliphatic carbocycles. The first-order valence-corrected chi connectivity index (χ1v) is 5.00. The summed E-state index contributed by atoms with van der Waals surface area (Å²) in [5.41, 5.74) is 0. The van der Waals surface area contributed by atoms with E-state index in [1.54, 1.807) is 4.90 Å². The number of aliphatic hydroxyl groups excluding tert-OH is 1. The molecule has 2 heterocycles. The van der Waals surface area contributed by atoms with Crippen molar-refractivity contribution >= 4 is 6.09 Å². The molecule has 0 saturated carbocycles. The van der Waals surface area contributed by atoms with Crippen molar-refractivity contribution in [3.05, 3.63) is 12.8 Å². The zero-order chi connectivity index (χ0) is 10.1. The number of hydrogen-bond donors (Lipinski definition) is 1. The molecular weight excluding hydrogens is 182 g/mol. The zero-order valence-electron chi connectivity index (χ0n) is 8.06. The van der Waals surface area contributed by atoms with Crippen LogP contribution >= 0.6 is 0 Å². The average Bonchev–Trinajstić information content (AvgIpc) is 2.39. The number of carbonyl (C=O) groups excluding carboxylic acids is 1. The van der Waals surface area contributed by atoms with Crippen LogP contribution in [-0.2, 0) is 4.74 Å². The van der Waals surface area contributed by atoms with Crippen molar-refractivity contribution in [2.24, 2.45) is 0 Å². The van der Waals surface area contributed by atoms with Gasteiger partial charge in [0.1, 0.15) is 0 Å². The summed E-state index contributed by atoms with van der Waals surface area (Å²) in [4.78, 5) is 13.3. The number of rotatable bonds is 1. The van der Waals surface area contributed by atoms with E-state index in [4.69, 9.17) is 4.74 Å². The summed E-state index contributed by atoms with van der Waals surface area (Å²) >= 11 is 0. The third-order valence-corrected chi connectivity index (χ3v) is 3.10. The lowest BCUT2D eigenvalue weighted by Gasteiger charge is -2.35. The van der Waals surface area contributed by atoms with Crippen LogP contribution in [-0.4, -0.2) is 34.3 Å². The van der Waals surface area contributed by atoms with Crippen LogP contribution in [0.4, 0.5) is 4.79 Å². The lowest BCUT2D eigenvalue weighted by atomic mass is 10.0. The molecule has 0 aromatic heterocycles. The maximum absolute atomic E-state index is 11.5. The van der Waals surface area contributed by atoms with E-state index in [1.807, 2.05) is 0 Å². The molecule has 0 aromatic carbocycles. The molecule has 2 fully saturated rings. The minimum Gasteiger partial charge on any atom is -0.419 e. The fraction of sp³-hybridized carbons (Fsp3) is 0.700. The quantitative estimate of drug-likeness (QED) is 0.644. The molecule has 78 valence electrons. The summed E-state index contributed by atoms with van der Waals surface area (Å²) in [5, 5.41) is 9.52. The highest BCUT2D eigenvalue weighted by atomic mass is 16.5. The van der Waals surface area contributed by atoms with Crippen LogP contribution in [0.5, 0.6) is 0 Å². The molecule has 2 rings (SSSR count). The lowest BCUT2D eigenvalue weighted by molar-refractivity contribution is 0.0361. The first kappa shape index (κ1) is 9.52. The Kier molecular flexibility index (Phi) is 2.46. The highest BCUT2D eigenvalue weighted by Gasteiger charge is 2.43. The Morgan fingerprint density at radius 1 is 1.43 bits per heavy atom. The summed E-state index contributed by atoms with van der Waals surface area (Å²) in [6.07, 6.45) is 3.92. The van der Waals surface area contributed by atoms with Gasteiger partial charge in [0.2, 0.25) is 0 Å². The number of piperidine rings is 1. The van der Waals surface area contributed by atoms with E-state index >= 15 is 0 Å². The minimum absolute atomic E-state index is 0.163. The molecule has 2 aliphatic rings. The van der Waals surface area contributed by atoms with Gasteiger partial charge in [-0.05, 0) is 25.7 Å². The van der Waals surface area contributed by atoms with Gasteiger partial charge in [-0.1, -0.05) is 6.58 Å². The maximum Gasteiger partial charge on any atom is 0.415 e. The van der Waals surface area contributed by atoms with Crippen molar-refractivity contribution in [2.45, 2.75) is 43.9 Å². The second-order valence-electron chi connectivity index (χ2n) is 3.97. The van der Waals surface area contributed by atoms with Crippen LogP contribution in [0.2, 0.25) is 0 Å². The Bertz CT molecular complexity index is 240. The van der Waals surface area contributed by atoms with Gasteiger partial charge in [0.15, 0.2) is 0 Å². The predicted molar refractivity (Wildman–Crippen MR) is 50.6 cm³/mol. The van der Waals surface area contributed by atoms with Crippen LogP contribution < -0.4 is 0 Å². The van der Waals surface area contributed by atoms with Gasteiger partial charge in [0.05, 0.1) is 12.4 Å². The molecule has 1 N–H and O–H groups in total. The van der Waals surface area contributed by atoms with E-state index in [0.717, 1.165) is 19.1 Å². The molecule has 1 amide bonds. The van der Waals surface area contributed by atoms with E-state index in [0.29, 0.717) is 12.8 Å². The van der Waals surface area contributed by atoms with Crippen LogP contribution in [0, 0.1) is 0 Å². The molecule has 14 heavy (non-hydrogen) atoms. The largest absolute Gasteiger partial charge is 0.419 e. The number of aliphatic hydroxyl groups is 1. The van der Waals surface area contributed by atoms with Gasteiger partial charge < -0.3 is 14.7 Å². The number of fused-ring (bicyclic) bond motifs is 2. The summed E-state index contributed by atoms with van der Waals surface area (Å²) < 4.78 is 4.77. The molecule has 4 heteroatoms. The molecule has 0 spiro atoms. The topological polar surface area (TPSA) is 49.8 Å². The van der Waals surface area contributed by atoms with E-state index in [2.05, 4.69) is 6.58 Å². The monoisotopic (exact) mass is 197 g/mol. The van der Waals surface area contributed by atoms with Gasteiger partial charge in [-0.25, -0.2) is 4.79 Å². The van der Waals surface area contributed by atoms with Crippen molar-refractivity contribution in [3.63, 3.8) is 0 Å². The van der Waals surface area contributed by atoms with Gasteiger partial charge in [-0.3, -0.25) is 0 Å². The van der Waals surface area contributed by atoms with Gasteiger partial charge in [-0.2, -0.15) is 0 Å². The van der Waals surface area contributed by atoms with Crippen molar-refractivity contribution in [1.82, 2.24) is 4.90 Å². The van der Waals surface area contributed by atoms with Gasteiger partial charge in [0.25, 0.3) is 0 Å². The molecule has 3 atom stereocenters. The van der Waals surface area contributed by atoms with Crippen LogP contribution in [0.3, 0.4) is 0 Å². The third-order valence-electron chi connectivity index (χ3n) is 3.10. The van der Waals surface area contributed by atoms with Gasteiger partial charge >= 0.3 is 6.09 Å². The lowest BCUT2D eigenvalue weighted by Crippen LogP contribution is -2.47. The third kappa shape index (κ3) is 1.50. The predicted octanol–water partition coefficient (Wildman–Crippen LogP) is 1.25. The summed E-state index contributed by atoms with van der Waals surface area (Å²) in [6, 6.07) is 0.326. The van der Waals surface area contributed by atoms with Crippen molar-refractivity contribution < 1.29 is 14.6 Å². The SMILES string of the molecule is C=COC(=O)N1[C@@H]2CC[C@H]1C[C@@H](O)C2. The Balaban J connectivity index is 2.07. The molecule has 2 saturated heterocycles. The van der Waals surface area contributed by atoms with Crippen LogP contribution in [0.15, 0.2) is 12.8 Å². The fourth-order valence-corrected chi connectivity index (χ4v) is 2.58. The minimum atomic E-state index is -0.320. The number of amides is 1. The first-order valence-electron chi connectivity index (χ1n) is 5.00. The van der Waals surface area contributed by atoms with Gasteiger partial charge in [0, 0.05) is 12.1 Å². The molecule has 0 radical (unpaired) electrons. The second-order valence-corrected chi connectivity index (χ2v) is 3.97. The molecule has 2 bridgehead atoms. The molecular formula is C10H15NO3. The fourth-order valence-electron chi connectivity index (χ4n) is 2.58. The van der Waals surface area contributed by atoms with Crippen molar-refractivity contribution in [2.75, 3.05) is 0 Å². The average molecular weight is 197 g/mol. The van der Waals surface area contributed by atoms with Crippen LogP contribution in [0.25, 0.3) is 0 Å². The molecule has 0 unspecified atom stereocenters. The highest BCUT2D eigenvalue weighted by Crippen LogP contribution is 2.36. The molecule has 2 aliphatic heterocycles. The molecule has 4 nitrogen and oxygen atoms in total. The standard InChI is InChI=1S/C10H15NO3/c1-2-14-10(13)11-7-3-4-8(11)6-9(12)5-7/h2,7-9,12H,1,3-6H2/t7-,8+,9+. The Morgan fingerprint density at radius 2 is 2.00 bits per heavy atom. The van der Waals surface area contributed by atoms with Crippen molar-refractivity contribution in [1.29, 1.82) is 0 Å². The van der Waals surface area contributed by atoms with E-state index in [1.165, 1.54) is 0 Å². The summed E-state index contributed by atoms with van der Waals surface area (Å²) in [5.74, 6) is 0. The number of carbonyl (C=O) groups is 1. The summed E-state index contributed by atoms with van der Waals surface area (Å²) in [7, 11) is 0. The van der Waals surface area contributed by atoms with Crippen LogP contribution in [0.1, 0.15) is 25.7 Å². The Hall–Kier alpha value is -1.03. The second kappa shape index (κ2) is 3.61. The highest BCUT2D eigenvalue weighted by molar-refractivity contribution is 5.69. The van der Waals surface area contributed by atoms with E-state index in [-0.39, 0.29) is 24.3 Å². The molecule has 0 aromatic rings. The first-order chi connectivity index (χ1) is 6.72. The van der Waals surface area contributed by atoms with Crippen molar-refractivity contribution in [3.8, 4) is 0 Å². The number of hydrogen-bond acceptors (Lipinski definition) is 3.